The van der Waals surface area contributed by atoms with Crippen LogP contribution in [0.3, 0.4) is 0 Å². The van der Waals surface area contributed by atoms with Gasteiger partial charge >= 0.3 is 6.09 Å². The maximum Gasteiger partial charge on any atom is 0.412 e. The number of hydrogen-bond donors (Lipinski definition) is 1. The summed E-state index contributed by atoms with van der Waals surface area (Å²) < 4.78 is 5.49. The lowest BCUT2D eigenvalue weighted by atomic mass is 9.93. The number of hydrogen-bond acceptors (Lipinski definition) is 5. The van der Waals surface area contributed by atoms with Crippen molar-refractivity contribution in [2.45, 2.75) is 70.8 Å². The zero-order chi connectivity index (χ0) is 28.6. The van der Waals surface area contributed by atoms with Crippen LogP contribution in [0.25, 0.3) is 21.2 Å². The van der Waals surface area contributed by atoms with Crippen molar-refractivity contribution in [2.75, 3.05) is 23.3 Å². The molecule has 6 heteroatoms. The number of carbonyl (C=O) groups is 2. The molecule has 0 unspecified atom stereocenters. The molecule has 1 aliphatic carbocycles. The van der Waals surface area contributed by atoms with Crippen molar-refractivity contribution < 1.29 is 14.3 Å². The first-order chi connectivity index (χ1) is 19.7. The lowest BCUT2D eigenvalue weighted by molar-refractivity contribution is 0.0635. The third-order valence-corrected chi connectivity index (χ3v) is 8.86. The SMILES string of the molecule is CC(C)(C)OC(=O)Nc1ccc(-c2cccs2)cc1CC(=O)c1ccc2c(C3CC3)c(N3CCCCC3)ccc2c1. The largest absolute Gasteiger partial charge is 0.444 e. The number of nitrogens with one attached hydrogen (secondary N) is 1. The Morgan fingerprint density at radius 1 is 0.976 bits per heavy atom. The predicted octanol–water partition coefficient (Wildman–Crippen LogP) is 9.21. The van der Waals surface area contributed by atoms with Crippen LogP contribution in [0.15, 0.2) is 66.0 Å². The Kier molecular flexibility index (Phi) is 7.60. The van der Waals surface area contributed by atoms with E-state index < -0.39 is 11.7 Å². The normalized spacial score (nSPS) is 15.6. The zero-order valence-electron chi connectivity index (χ0n) is 24.2. The standard InChI is InChI=1S/C35H38N2O3S/c1-35(2,3)40-34(39)36-29-15-12-26(32-8-7-19-41-32)21-27(29)22-31(38)25-11-14-28-24(20-25)13-16-30(33(28)23-9-10-23)37-17-5-4-6-18-37/h7-8,11-16,19-21,23H,4-6,9-10,17-18,22H2,1-3H3,(H,36,39). The van der Waals surface area contributed by atoms with Gasteiger partial charge in [0.2, 0.25) is 0 Å². The van der Waals surface area contributed by atoms with Crippen molar-refractivity contribution in [3.05, 3.63) is 82.7 Å². The Labute approximate surface area is 246 Å². The zero-order valence-corrected chi connectivity index (χ0v) is 25.0. The molecule has 6 rings (SSSR count). The quantitative estimate of drug-likeness (QED) is 0.227. The van der Waals surface area contributed by atoms with Gasteiger partial charge in [-0.05, 0) is 122 Å². The van der Waals surface area contributed by atoms with Gasteiger partial charge in [0.1, 0.15) is 5.60 Å². The van der Waals surface area contributed by atoms with Crippen LogP contribution in [-0.2, 0) is 11.2 Å². The van der Waals surface area contributed by atoms with E-state index in [2.05, 4.69) is 34.5 Å². The molecule has 1 saturated carbocycles. The van der Waals surface area contributed by atoms with E-state index in [1.165, 1.54) is 48.7 Å². The Balaban J connectivity index is 1.30. The van der Waals surface area contributed by atoms with Crippen molar-refractivity contribution >= 4 is 45.4 Å². The summed E-state index contributed by atoms with van der Waals surface area (Å²) in [7, 11) is 0. The van der Waals surface area contributed by atoms with Gasteiger partial charge < -0.3 is 9.64 Å². The van der Waals surface area contributed by atoms with E-state index in [1.807, 2.05) is 62.5 Å². The molecule has 41 heavy (non-hydrogen) atoms. The molecular weight excluding hydrogens is 528 g/mol. The van der Waals surface area contributed by atoms with Gasteiger partial charge in [-0.3, -0.25) is 10.1 Å². The van der Waals surface area contributed by atoms with Crippen LogP contribution in [0.2, 0.25) is 0 Å². The smallest absolute Gasteiger partial charge is 0.412 e. The minimum atomic E-state index is -0.616. The fraction of sp³-hybridized carbons (Fsp3) is 0.371. The number of ether oxygens (including phenoxy) is 1. The van der Waals surface area contributed by atoms with E-state index in [0.717, 1.165) is 34.5 Å². The molecule has 1 saturated heterocycles. The highest BCUT2D eigenvalue weighted by Gasteiger charge is 2.30. The van der Waals surface area contributed by atoms with Crippen molar-refractivity contribution in [1.29, 1.82) is 0 Å². The number of piperidine rings is 1. The summed E-state index contributed by atoms with van der Waals surface area (Å²) in [5.74, 6) is 0.647. The molecule has 2 heterocycles. The van der Waals surface area contributed by atoms with Gasteiger partial charge in [-0.1, -0.05) is 30.3 Å². The number of anilines is 2. The van der Waals surface area contributed by atoms with Crippen molar-refractivity contribution in [3.63, 3.8) is 0 Å². The van der Waals surface area contributed by atoms with Crippen LogP contribution in [0.1, 0.15) is 80.3 Å². The lowest BCUT2D eigenvalue weighted by Crippen LogP contribution is -2.30. The monoisotopic (exact) mass is 566 g/mol. The molecular formula is C35H38N2O3S. The summed E-state index contributed by atoms with van der Waals surface area (Å²) >= 11 is 1.65. The molecule has 0 spiro atoms. The van der Waals surface area contributed by atoms with Gasteiger partial charge in [-0.15, -0.1) is 11.3 Å². The van der Waals surface area contributed by atoms with Gasteiger partial charge in [0.25, 0.3) is 0 Å². The van der Waals surface area contributed by atoms with Crippen LogP contribution in [0, 0.1) is 0 Å². The van der Waals surface area contributed by atoms with Crippen LogP contribution >= 0.6 is 11.3 Å². The second-order valence-electron chi connectivity index (χ2n) is 12.3. The average Bonchev–Trinajstić information content (AvgIpc) is 3.64. The number of thiophene rings is 1. The summed E-state index contributed by atoms with van der Waals surface area (Å²) in [6.07, 6.45) is 5.97. The van der Waals surface area contributed by atoms with E-state index in [1.54, 1.807) is 11.3 Å². The number of amides is 1. The van der Waals surface area contributed by atoms with Crippen LogP contribution in [0.4, 0.5) is 16.2 Å². The Hall–Kier alpha value is -3.64. The molecule has 212 valence electrons. The van der Waals surface area contributed by atoms with E-state index >= 15 is 0 Å². The van der Waals surface area contributed by atoms with Crippen LogP contribution in [-0.4, -0.2) is 30.6 Å². The molecule has 1 N–H and O–H groups in total. The first kappa shape index (κ1) is 27.5. The molecule has 0 atom stereocenters. The third kappa shape index (κ3) is 6.33. The number of fused-ring (bicyclic) bond motifs is 1. The summed E-state index contributed by atoms with van der Waals surface area (Å²) in [5, 5.41) is 7.31. The number of nitrogens with zero attached hydrogens (tertiary/aromatic N) is 1. The van der Waals surface area contributed by atoms with Crippen molar-refractivity contribution in [3.8, 4) is 10.4 Å². The van der Waals surface area contributed by atoms with Gasteiger partial charge in [0.15, 0.2) is 5.78 Å². The molecule has 1 amide bonds. The topological polar surface area (TPSA) is 58.6 Å². The van der Waals surface area contributed by atoms with E-state index in [4.69, 9.17) is 4.74 Å². The van der Waals surface area contributed by atoms with Gasteiger partial charge in [0.05, 0.1) is 0 Å². The molecule has 0 radical (unpaired) electrons. The summed E-state index contributed by atoms with van der Waals surface area (Å²) in [5.41, 5.74) is 5.32. The molecule has 1 aliphatic heterocycles. The number of rotatable bonds is 7. The van der Waals surface area contributed by atoms with E-state index in [9.17, 15) is 9.59 Å². The Morgan fingerprint density at radius 3 is 2.49 bits per heavy atom. The van der Waals surface area contributed by atoms with Crippen LogP contribution in [0.5, 0.6) is 0 Å². The number of carbonyl (C=O) groups excluding carboxylic acids is 2. The van der Waals surface area contributed by atoms with E-state index in [0.29, 0.717) is 17.2 Å². The molecule has 4 aromatic rings. The fourth-order valence-electron chi connectivity index (χ4n) is 5.87. The maximum atomic E-state index is 13.7. The van der Waals surface area contributed by atoms with Crippen molar-refractivity contribution in [1.82, 2.24) is 0 Å². The molecule has 2 fully saturated rings. The van der Waals surface area contributed by atoms with Gasteiger partial charge in [-0.25, -0.2) is 4.79 Å². The third-order valence-electron chi connectivity index (χ3n) is 7.94. The molecule has 5 nitrogen and oxygen atoms in total. The van der Waals surface area contributed by atoms with Crippen molar-refractivity contribution in [2.24, 2.45) is 0 Å². The first-order valence-corrected chi connectivity index (χ1v) is 15.6. The lowest BCUT2D eigenvalue weighted by Gasteiger charge is -2.31. The van der Waals surface area contributed by atoms with Gasteiger partial charge in [0, 0.05) is 41.3 Å². The number of ketones is 1. The highest BCUT2D eigenvalue weighted by atomic mass is 32.1. The average molecular weight is 567 g/mol. The van der Waals surface area contributed by atoms with Crippen LogP contribution < -0.4 is 10.2 Å². The highest BCUT2D eigenvalue weighted by Crippen LogP contribution is 2.48. The van der Waals surface area contributed by atoms with E-state index in [-0.39, 0.29) is 12.2 Å². The molecule has 1 aromatic heterocycles. The molecule has 3 aromatic carbocycles. The van der Waals surface area contributed by atoms with Gasteiger partial charge in [-0.2, -0.15) is 0 Å². The summed E-state index contributed by atoms with van der Waals surface area (Å²) in [4.78, 5) is 30.0. The summed E-state index contributed by atoms with van der Waals surface area (Å²) in [6.45, 7) is 7.76. The second kappa shape index (κ2) is 11.3. The minimum absolute atomic E-state index is 0.0237. The Bertz CT molecular complexity index is 1580. The minimum Gasteiger partial charge on any atom is -0.444 e. The number of Topliss-reactive ketones (excluding diaryl/α,β-unsaturated/α-hetero) is 1. The maximum absolute atomic E-state index is 13.7. The first-order valence-electron chi connectivity index (χ1n) is 14.8. The predicted molar refractivity (Wildman–Crippen MR) is 170 cm³/mol. The molecule has 0 bridgehead atoms. The second-order valence-corrected chi connectivity index (χ2v) is 13.3. The fourth-order valence-corrected chi connectivity index (χ4v) is 6.60. The highest BCUT2D eigenvalue weighted by molar-refractivity contribution is 7.13. The number of benzene rings is 3. The summed E-state index contributed by atoms with van der Waals surface area (Å²) in [6, 6.07) is 20.6. The Morgan fingerprint density at radius 2 is 1.78 bits per heavy atom. The molecule has 2 aliphatic rings.